The average Bonchev–Trinajstić information content (AvgIpc) is 3.21. The van der Waals surface area contributed by atoms with Crippen LogP contribution >= 0.6 is 0 Å². The first-order valence-corrected chi connectivity index (χ1v) is 10.2. The molecule has 0 saturated heterocycles. The SMILES string of the molecule is C[C@@H](Oc1ccccc1F)C(=O)NCc1cccc(-c2nn(C)cc2-c2ccncc2)c1. The minimum absolute atomic E-state index is 0.0518. The van der Waals surface area contributed by atoms with E-state index in [1.165, 1.54) is 12.1 Å². The zero-order valence-corrected chi connectivity index (χ0v) is 17.8. The van der Waals surface area contributed by atoms with Gasteiger partial charge in [0, 0.05) is 43.3 Å². The van der Waals surface area contributed by atoms with Crippen LogP contribution in [0.5, 0.6) is 5.75 Å². The monoisotopic (exact) mass is 430 g/mol. The summed E-state index contributed by atoms with van der Waals surface area (Å²) >= 11 is 0. The highest BCUT2D eigenvalue weighted by molar-refractivity contribution is 5.81. The maximum Gasteiger partial charge on any atom is 0.261 e. The number of aryl methyl sites for hydroxylation is 1. The van der Waals surface area contributed by atoms with Crippen molar-refractivity contribution in [3.63, 3.8) is 0 Å². The molecule has 0 aliphatic heterocycles. The quantitative estimate of drug-likeness (QED) is 0.473. The van der Waals surface area contributed by atoms with Gasteiger partial charge in [-0.3, -0.25) is 14.5 Å². The van der Waals surface area contributed by atoms with Crippen LogP contribution in [0.3, 0.4) is 0 Å². The molecule has 1 amide bonds. The van der Waals surface area contributed by atoms with E-state index in [-0.39, 0.29) is 11.7 Å². The summed E-state index contributed by atoms with van der Waals surface area (Å²) in [5.41, 5.74) is 4.74. The van der Waals surface area contributed by atoms with E-state index in [9.17, 15) is 9.18 Å². The molecular formula is C25H23FN4O2. The second kappa shape index (κ2) is 9.43. The van der Waals surface area contributed by atoms with Crippen LogP contribution in [-0.2, 0) is 18.4 Å². The highest BCUT2D eigenvalue weighted by Crippen LogP contribution is 2.30. The molecule has 2 aromatic carbocycles. The Labute approximate surface area is 185 Å². The number of hydrogen-bond acceptors (Lipinski definition) is 4. The maximum absolute atomic E-state index is 13.8. The van der Waals surface area contributed by atoms with Crippen LogP contribution in [0.15, 0.2) is 79.3 Å². The van der Waals surface area contributed by atoms with Gasteiger partial charge >= 0.3 is 0 Å². The van der Waals surface area contributed by atoms with Gasteiger partial charge in [-0.2, -0.15) is 5.10 Å². The van der Waals surface area contributed by atoms with Gasteiger partial charge in [-0.1, -0.05) is 30.3 Å². The van der Waals surface area contributed by atoms with Crippen LogP contribution in [-0.4, -0.2) is 26.8 Å². The highest BCUT2D eigenvalue weighted by Gasteiger charge is 2.17. The van der Waals surface area contributed by atoms with E-state index in [1.54, 1.807) is 36.1 Å². The fourth-order valence-corrected chi connectivity index (χ4v) is 3.39. The number of hydrogen-bond donors (Lipinski definition) is 1. The van der Waals surface area contributed by atoms with E-state index in [2.05, 4.69) is 15.4 Å². The fourth-order valence-electron chi connectivity index (χ4n) is 3.39. The van der Waals surface area contributed by atoms with Crippen LogP contribution in [0.1, 0.15) is 12.5 Å². The molecule has 0 unspecified atom stereocenters. The number of carbonyl (C=O) groups is 1. The van der Waals surface area contributed by atoms with Gasteiger partial charge in [0.15, 0.2) is 17.7 Å². The number of ether oxygens (including phenoxy) is 1. The smallest absolute Gasteiger partial charge is 0.261 e. The molecule has 0 radical (unpaired) electrons. The Kier molecular flexibility index (Phi) is 6.26. The van der Waals surface area contributed by atoms with Gasteiger partial charge in [0.2, 0.25) is 0 Å². The van der Waals surface area contributed by atoms with Crippen molar-refractivity contribution in [2.75, 3.05) is 0 Å². The number of pyridine rings is 1. The van der Waals surface area contributed by atoms with Crippen LogP contribution < -0.4 is 10.1 Å². The molecule has 2 heterocycles. The van der Waals surface area contributed by atoms with Crippen LogP contribution in [0, 0.1) is 5.82 Å². The van der Waals surface area contributed by atoms with E-state index in [0.717, 1.165) is 27.9 Å². The fraction of sp³-hybridized carbons (Fsp3) is 0.160. The Bertz CT molecular complexity index is 1220. The summed E-state index contributed by atoms with van der Waals surface area (Å²) < 4.78 is 21.0. The minimum Gasteiger partial charge on any atom is -0.478 e. The van der Waals surface area contributed by atoms with Crippen molar-refractivity contribution in [2.45, 2.75) is 19.6 Å². The topological polar surface area (TPSA) is 69.0 Å². The van der Waals surface area contributed by atoms with E-state index in [4.69, 9.17) is 4.74 Å². The van der Waals surface area contributed by atoms with E-state index in [0.29, 0.717) is 6.54 Å². The molecule has 7 heteroatoms. The number of amides is 1. The number of halogens is 1. The van der Waals surface area contributed by atoms with E-state index in [1.807, 2.05) is 49.6 Å². The van der Waals surface area contributed by atoms with Crippen LogP contribution in [0.4, 0.5) is 4.39 Å². The van der Waals surface area contributed by atoms with Crippen LogP contribution in [0.25, 0.3) is 22.4 Å². The molecule has 1 atom stereocenters. The second-order valence-electron chi connectivity index (χ2n) is 7.41. The maximum atomic E-state index is 13.8. The molecule has 0 aliphatic rings. The van der Waals surface area contributed by atoms with Crippen molar-refractivity contribution < 1.29 is 13.9 Å². The third-order valence-corrected chi connectivity index (χ3v) is 5.00. The van der Waals surface area contributed by atoms with Gasteiger partial charge in [-0.25, -0.2) is 4.39 Å². The first kappa shape index (κ1) is 21.2. The first-order valence-electron chi connectivity index (χ1n) is 10.2. The van der Waals surface area contributed by atoms with Crippen molar-refractivity contribution in [1.29, 1.82) is 0 Å². The Morgan fingerprint density at radius 2 is 1.88 bits per heavy atom. The van der Waals surface area contributed by atoms with Crippen molar-refractivity contribution >= 4 is 5.91 Å². The molecule has 6 nitrogen and oxygen atoms in total. The number of carbonyl (C=O) groups excluding carboxylic acids is 1. The molecule has 1 N–H and O–H groups in total. The number of rotatable bonds is 7. The molecule has 0 aliphatic carbocycles. The largest absolute Gasteiger partial charge is 0.478 e. The molecule has 32 heavy (non-hydrogen) atoms. The Balaban J connectivity index is 1.46. The lowest BCUT2D eigenvalue weighted by Crippen LogP contribution is -2.36. The van der Waals surface area contributed by atoms with Gasteiger partial charge in [0.25, 0.3) is 5.91 Å². The number of para-hydroxylation sites is 1. The molecule has 0 spiro atoms. The summed E-state index contributed by atoms with van der Waals surface area (Å²) in [7, 11) is 1.88. The van der Waals surface area contributed by atoms with Crippen molar-refractivity contribution in [1.82, 2.24) is 20.1 Å². The summed E-state index contributed by atoms with van der Waals surface area (Å²) in [6.45, 7) is 1.90. The summed E-state index contributed by atoms with van der Waals surface area (Å²) in [6, 6.07) is 17.8. The predicted octanol–water partition coefficient (Wildman–Crippen LogP) is 4.37. The lowest BCUT2D eigenvalue weighted by Gasteiger charge is -2.15. The van der Waals surface area contributed by atoms with Gasteiger partial charge in [0.05, 0.1) is 0 Å². The number of benzene rings is 2. The molecule has 162 valence electrons. The highest BCUT2D eigenvalue weighted by atomic mass is 19.1. The average molecular weight is 430 g/mol. The zero-order valence-electron chi connectivity index (χ0n) is 17.8. The molecule has 0 bridgehead atoms. The molecule has 4 rings (SSSR count). The third kappa shape index (κ3) is 4.83. The van der Waals surface area contributed by atoms with Crippen molar-refractivity contribution in [3.8, 4) is 28.1 Å². The molecule has 0 saturated carbocycles. The van der Waals surface area contributed by atoms with Crippen molar-refractivity contribution in [2.24, 2.45) is 7.05 Å². The second-order valence-corrected chi connectivity index (χ2v) is 7.41. The number of aromatic nitrogens is 3. The lowest BCUT2D eigenvalue weighted by molar-refractivity contribution is -0.127. The summed E-state index contributed by atoms with van der Waals surface area (Å²) in [5, 5.41) is 7.48. The Hall–Kier alpha value is -4.00. The van der Waals surface area contributed by atoms with E-state index < -0.39 is 11.9 Å². The lowest BCUT2D eigenvalue weighted by atomic mass is 10.0. The van der Waals surface area contributed by atoms with E-state index >= 15 is 0 Å². The van der Waals surface area contributed by atoms with Gasteiger partial charge in [-0.15, -0.1) is 0 Å². The van der Waals surface area contributed by atoms with Gasteiger partial charge in [0.1, 0.15) is 5.69 Å². The Morgan fingerprint density at radius 3 is 2.66 bits per heavy atom. The normalized spacial score (nSPS) is 11.7. The predicted molar refractivity (Wildman–Crippen MR) is 120 cm³/mol. The standard InChI is InChI=1S/C25H23FN4O2/c1-17(32-23-9-4-3-8-22(23)26)25(31)28-15-18-6-5-7-20(14-18)24-21(16-30(2)29-24)19-10-12-27-13-11-19/h3-14,16-17H,15H2,1-2H3,(H,28,31)/t17-/m1/s1. The van der Waals surface area contributed by atoms with Crippen molar-refractivity contribution in [3.05, 3.63) is 90.6 Å². The summed E-state index contributed by atoms with van der Waals surface area (Å²) in [6.07, 6.45) is 4.65. The Morgan fingerprint density at radius 1 is 1.09 bits per heavy atom. The van der Waals surface area contributed by atoms with Gasteiger partial charge < -0.3 is 10.1 Å². The first-order chi connectivity index (χ1) is 15.5. The molecule has 4 aromatic rings. The number of nitrogens with one attached hydrogen (secondary N) is 1. The molecular weight excluding hydrogens is 407 g/mol. The molecule has 2 aromatic heterocycles. The summed E-state index contributed by atoms with van der Waals surface area (Å²) in [4.78, 5) is 16.5. The van der Waals surface area contributed by atoms with Gasteiger partial charge in [-0.05, 0) is 48.4 Å². The molecule has 0 fully saturated rings. The summed E-state index contributed by atoms with van der Waals surface area (Å²) in [5.74, 6) is -0.773. The minimum atomic E-state index is -0.829. The number of nitrogens with zero attached hydrogens (tertiary/aromatic N) is 3. The van der Waals surface area contributed by atoms with Crippen LogP contribution in [0.2, 0.25) is 0 Å². The zero-order chi connectivity index (χ0) is 22.5. The third-order valence-electron chi connectivity index (χ3n) is 5.00.